The first-order chi connectivity index (χ1) is 33.1. The van der Waals surface area contributed by atoms with Crippen molar-refractivity contribution >= 4 is 0 Å². The maximum absolute atomic E-state index is 11.8. The maximum Gasteiger partial charge on any atom is 0.286 e. The fraction of sp³-hybridized carbons (Fsp3) is 1.00. The average Bonchev–Trinajstić information content (AvgIpc) is 3.78. The van der Waals surface area contributed by atoms with E-state index in [0.29, 0.717) is 37.0 Å². The molecule has 9 fully saturated rings. The van der Waals surface area contributed by atoms with Gasteiger partial charge < -0.3 is 114 Å². The molecule has 31 atom stereocenters. The first kappa shape index (κ1) is 53.9. The molecule has 4 saturated carbocycles. The molecule has 9 aliphatic rings. The van der Waals surface area contributed by atoms with Gasteiger partial charge in [0.25, 0.3) is 5.97 Å². The second-order valence-electron chi connectivity index (χ2n) is 22.2. The molecule has 404 valence electrons. The van der Waals surface area contributed by atoms with Crippen LogP contribution in [0.25, 0.3) is 0 Å². The Labute approximate surface area is 404 Å². The van der Waals surface area contributed by atoms with Crippen LogP contribution in [0.3, 0.4) is 0 Å². The van der Waals surface area contributed by atoms with E-state index in [-0.39, 0.29) is 34.9 Å². The highest BCUT2D eigenvalue weighted by atomic mass is 16.9. The Morgan fingerprint density at radius 3 is 1.61 bits per heavy atom. The summed E-state index contributed by atoms with van der Waals surface area (Å²) in [5.74, 6) is -1.46. The Morgan fingerprint density at radius 2 is 0.986 bits per heavy atom. The van der Waals surface area contributed by atoms with Gasteiger partial charge in [0.05, 0.1) is 38.6 Å². The summed E-state index contributed by atoms with van der Waals surface area (Å²) in [6.45, 7) is 3.49. The average molecular weight is 1010 g/mol. The van der Waals surface area contributed by atoms with Gasteiger partial charge in [0, 0.05) is 11.8 Å². The molecule has 24 heteroatoms. The smallest absolute Gasteiger partial charge is 0.286 e. The molecule has 5 aliphatic heterocycles. The van der Waals surface area contributed by atoms with Gasteiger partial charge in [0.15, 0.2) is 25.2 Å². The van der Waals surface area contributed by atoms with Crippen LogP contribution in [0.4, 0.5) is 0 Å². The van der Waals surface area contributed by atoms with Crippen LogP contribution in [0.1, 0.15) is 72.1 Å². The predicted octanol–water partition coefficient (Wildman–Crippen LogP) is -5.41. The molecule has 4 aliphatic carbocycles. The van der Waals surface area contributed by atoms with Crippen molar-refractivity contribution in [2.45, 2.75) is 213 Å². The molecular formula is C46H76O24. The van der Waals surface area contributed by atoms with Crippen LogP contribution >= 0.6 is 0 Å². The highest BCUT2D eigenvalue weighted by Crippen LogP contribution is 2.71. The van der Waals surface area contributed by atoms with Gasteiger partial charge in [-0.25, -0.2) is 0 Å². The Morgan fingerprint density at radius 1 is 0.486 bits per heavy atom. The number of hydrogen-bond donors (Lipinski definition) is 15. The summed E-state index contributed by atoms with van der Waals surface area (Å²) in [5.41, 5.74) is -0.251. The molecular weight excluding hydrogens is 936 g/mol. The lowest BCUT2D eigenvalue weighted by atomic mass is 9.44. The van der Waals surface area contributed by atoms with Crippen LogP contribution < -0.4 is 0 Å². The van der Waals surface area contributed by atoms with Gasteiger partial charge in [-0.2, -0.15) is 0 Å². The summed E-state index contributed by atoms with van der Waals surface area (Å²) in [7, 11) is 0. The van der Waals surface area contributed by atoms with Gasteiger partial charge >= 0.3 is 0 Å². The molecule has 70 heavy (non-hydrogen) atoms. The van der Waals surface area contributed by atoms with Gasteiger partial charge in [-0.05, 0) is 85.9 Å². The predicted molar refractivity (Wildman–Crippen MR) is 228 cm³/mol. The van der Waals surface area contributed by atoms with Crippen LogP contribution in [-0.2, 0) is 42.6 Å². The van der Waals surface area contributed by atoms with E-state index in [2.05, 4.69) is 13.8 Å². The molecule has 9 rings (SSSR count). The monoisotopic (exact) mass is 1010 g/mol. The van der Waals surface area contributed by atoms with Crippen molar-refractivity contribution in [3.63, 3.8) is 0 Å². The molecule has 0 aromatic rings. The molecule has 0 radical (unpaired) electrons. The summed E-state index contributed by atoms with van der Waals surface area (Å²) < 4.78 is 53.2. The fourth-order valence-corrected chi connectivity index (χ4v) is 14.7. The van der Waals surface area contributed by atoms with Crippen LogP contribution in [0, 0.1) is 46.3 Å². The van der Waals surface area contributed by atoms with Crippen molar-refractivity contribution < 1.29 is 119 Å². The van der Waals surface area contributed by atoms with Gasteiger partial charge in [-0.1, -0.05) is 20.8 Å². The molecule has 0 aromatic carbocycles. The molecule has 8 unspecified atom stereocenters. The number of aliphatic hydroxyl groups is 15. The minimum atomic E-state index is -2.15. The molecule has 0 spiro atoms. The quantitative estimate of drug-likeness (QED) is 0.0641. The normalized spacial score (nSPS) is 58.0. The summed E-state index contributed by atoms with van der Waals surface area (Å²) >= 11 is 0. The zero-order valence-electron chi connectivity index (χ0n) is 39.5. The topological polar surface area (TPSA) is 387 Å². The van der Waals surface area contributed by atoms with Gasteiger partial charge in [-0.3, -0.25) is 4.74 Å². The first-order valence-electron chi connectivity index (χ1n) is 25.0. The number of hydrogen-bond acceptors (Lipinski definition) is 24. The van der Waals surface area contributed by atoms with E-state index in [4.69, 9.17) is 42.6 Å². The molecule has 15 N–H and O–H groups in total. The standard InChI is InChI=1S/C46H76O24/c1-16-27-22(69-46(16,61)70-42-36(59)32(55)29(52)24(13-48)64-42)11-21-19-5-4-17-10-18(6-8-44(17,2)20(19)7-9-45(21,27)3)62-40-37(60)34(57)38(26(15-50)66-40)67-43-39(33(56)30(53)25(14-49)65-43)68-41-35(58)31(54)28(51)23(12-47)63-41/h16-43,47-61H,4-15H2,1-3H3/t16?,17?,18-,19?,20?,21?,22?,23+,24-,25+,26+,27?,28-,29+,30+,31-,32+,33-,34+,35+,36-,37+,38-,39+,40-,41+,42-,43-,44-,45-,46?/m0/s1. The second kappa shape index (κ2) is 20.5. The van der Waals surface area contributed by atoms with E-state index in [1.165, 1.54) is 0 Å². The molecule has 5 saturated heterocycles. The fourth-order valence-electron chi connectivity index (χ4n) is 14.7. The highest BCUT2D eigenvalue weighted by Gasteiger charge is 2.70. The minimum Gasteiger partial charge on any atom is -0.394 e. The summed E-state index contributed by atoms with van der Waals surface area (Å²) in [6, 6.07) is 0. The van der Waals surface area contributed by atoms with E-state index >= 15 is 0 Å². The number of aliphatic hydroxyl groups excluding tert-OH is 14. The van der Waals surface area contributed by atoms with Gasteiger partial charge in [-0.15, -0.1) is 0 Å². The zero-order chi connectivity index (χ0) is 50.5. The maximum atomic E-state index is 11.8. The van der Waals surface area contributed by atoms with Crippen molar-refractivity contribution in [1.29, 1.82) is 0 Å². The van der Waals surface area contributed by atoms with E-state index in [9.17, 15) is 76.6 Å². The molecule has 0 aromatic heterocycles. The Hall–Kier alpha value is -0.960. The Bertz CT molecular complexity index is 1770. The second-order valence-corrected chi connectivity index (χ2v) is 22.2. The van der Waals surface area contributed by atoms with Crippen LogP contribution in [0.2, 0.25) is 0 Å². The van der Waals surface area contributed by atoms with Gasteiger partial charge in [0.2, 0.25) is 0 Å². The number of rotatable bonds is 12. The molecule has 0 bridgehead atoms. The summed E-state index contributed by atoms with van der Waals surface area (Å²) in [5, 5.41) is 159. The third-order valence-electron chi connectivity index (χ3n) is 18.7. The van der Waals surface area contributed by atoms with E-state index in [1.54, 1.807) is 0 Å². The lowest BCUT2D eigenvalue weighted by Crippen LogP contribution is -2.67. The first-order valence-corrected chi connectivity index (χ1v) is 25.0. The van der Waals surface area contributed by atoms with Crippen LogP contribution in [-0.4, -0.2) is 244 Å². The summed E-state index contributed by atoms with van der Waals surface area (Å²) in [6.07, 6.45) is -27.3. The molecule has 24 nitrogen and oxygen atoms in total. The Balaban J connectivity index is 0.821. The van der Waals surface area contributed by atoms with E-state index in [0.717, 1.165) is 32.1 Å². The lowest BCUT2D eigenvalue weighted by Gasteiger charge is -2.61. The number of fused-ring (bicyclic) bond motifs is 7. The lowest BCUT2D eigenvalue weighted by molar-refractivity contribution is -0.438. The molecule has 0 amide bonds. The van der Waals surface area contributed by atoms with Crippen molar-refractivity contribution in [3.8, 4) is 0 Å². The van der Waals surface area contributed by atoms with Crippen molar-refractivity contribution in [3.05, 3.63) is 0 Å². The largest absolute Gasteiger partial charge is 0.394 e. The van der Waals surface area contributed by atoms with Crippen LogP contribution in [0.15, 0.2) is 0 Å². The SMILES string of the molecule is CC1C2C(CC3C4CCC5C[C@@H](O[C@H]6O[C@H](CO)[C@H](O[C@@H]7O[C@H](CO)[C@@H](O)[C@H](O)[C@H]7O[C@H]7O[C@H](CO)[C@H](O)[C@H](O)[C@H]7O)[C@H](O)[C@H]6O)CC[C@]5(C)C4CC[C@@]32C)OC1(O)O[C@@H]1O[C@@H](CO)[C@@H](O)[C@@H](O)[C@@H]1O. The third kappa shape index (κ3) is 9.02. The Kier molecular flexibility index (Phi) is 15.8. The van der Waals surface area contributed by atoms with Crippen molar-refractivity contribution in [2.24, 2.45) is 46.3 Å². The van der Waals surface area contributed by atoms with Crippen molar-refractivity contribution in [2.75, 3.05) is 26.4 Å². The van der Waals surface area contributed by atoms with Crippen LogP contribution in [0.5, 0.6) is 0 Å². The molecule has 5 heterocycles. The van der Waals surface area contributed by atoms with E-state index in [1.807, 2.05) is 6.92 Å². The van der Waals surface area contributed by atoms with Crippen molar-refractivity contribution in [1.82, 2.24) is 0 Å². The zero-order valence-corrected chi connectivity index (χ0v) is 39.5. The number of ether oxygens (including phenoxy) is 9. The van der Waals surface area contributed by atoms with E-state index < -0.39 is 161 Å². The minimum absolute atomic E-state index is 0.0435. The van der Waals surface area contributed by atoms with Gasteiger partial charge in [0.1, 0.15) is 97.7 Å². The third-order valence-corrected chi connectivity index (χ3v) is 18.7. The summed E-state index contributed by atoms with van der Waals surface area (Å²) in [4.78, 5) is 0. The highest BCUT2D eigenvalue weighted by molar-refractivity contribution is 5.14.